The second-order valence-electron chi connectivity index (χ2n) is 4.02. The summed E-state index contributed by atoms with van der Waals surface area (Å²) in [5.41, 5.74) is 2.78. The van der Waals surface area contributed by atoms with Crippen LogP contribution >= 0.6 is 11.3 Å². The Morgan fingerprint density at radius 2 is 2.36 bits per heavy atom. The summed E-state index contributed by atoms with van der Waals surface area (Å²) in [6.45, 7) is 6.12. The van der Waals surface area contributed by atoms with E-state index in [2.05, 4.69) is 24.9 Å². The number of hydrogen-bond acceptors (Lipinski definition) is 2. The van der Waals surface area contributed by atoms with E-state index in [1.807, 2.05) is 18.4 Å². The first-order valence-corrected chi connectivity index (χ1v) is 5.98. The highest BCUT2D eigenvalue weighted by Crippen LogP contribution is 2.35. The summed E-state index contributed by atoms with van der Waals surface area (Å²) >= 11 is 1.96. The molecule has 2 rings (SSSR count). The Kier molecular flexibility index (Phi) is 2.75. The molecule has 1 aromatic rings. The molecule has 76 valence electrons. The average molecular weight is 207 g/mol. The summed E-state index contributed by atoms with van der Waals surface area (Å²) in [6, 6.07) is 2.72. The van der Waals surface area contributed by atoms with Crippen LogP contribution in [0.5, 0.6) is 0 Å². The maximum absolute atomic E-state index is 4.03. The largest absolute Gasteiger partial charge is 0.309 e. The van der Waals surface area contributed by atoms with Gasteiger partial charge in [-0.3, -0.25) is 0 Å². The van der Waals surface area contributed by atoms with E-state index in [0.29, 0.717) is 6.04 Å². The Labute approximate surface area is 89.8 Å². The SMILES string of the molecule is C=C(C)C(NC)c1cc2c(s1)CCC2. The lowest BCUT2D eigenvalue weighted by molar-refractivity contribution is 0.691. The third kappa shape index (κ3) is 1.64. The number of hydrogen-bond donors (Lipinski definition) is 1. The van der Waals surface area contributed by atoms with Crippen molar-refractivity contribution in [3.63, 3.8) is 0 Å². The molecule has 0 amide bonds. The van der Waals surface area contributed by atoms with Gasteiger partial charge in [0.2, 0.25) is 0 Å². The molecule has 1 aromatic heterocycles. The van der Waals surface area contributed by atoms with Crippen LogP contribution in [-0.2, 0) is 12.8 Å². The zero-order valence-corrected chi connectivity index (χ0v) is 9.71. The quantitative estimate of drug-likeness (QED) is 0.751. The van der Waals surface area contributed by atoms with Crippen LogP contribution in [0.15, 0.2) is 18.2 Å². The predicted molar refractivity (Wildman–Crippen MR) is 63.0 cm³/mol. The summed E-state index contributed by atoms with van der Waals surface area (Å²) < 4.78 is 0. The van der Waals surface area contributed by atoms with Crippen molar-refractivity contribution in [1.82, 2.24) is 5.32 Å². The zero-order chi connectivity index (χ0) is 10.1. The Balaban J connectivity index is 2.27. The number of aryl methyl sites for hydroxylation is 2. The lowest BCUT2D eigenvalue weighted by Crippen LogP contribution is -2.15. The maximum atomic E-state index is 4.03. The zero-order valence-electron chi connectivity index (χ0n) is 8.89. The molecule has 14 heavy (non-hydrogen) atoms. The molecule has 1 atom stereocenters. The van der Waals surface area contributed by atoms with Gasteiger partial charge in [-0.1, -0.05) is 12.2 Å². The van der Waals surface area contributed by atoms with Gasteiger partial charge in [0.05, 0.1) is 6.04 Å². The van der Waals surface area contributed by atoms with Crippen molar-refractivity contribution in [3.05, 3.63) is 33.5 Å². The molecule has 0 radical (unpaired) electrons. The second-order valence-corrected chi connectivity index (χ2v) is 5.19. The number of thiophene rings is 1. The summed E-state index contributed by atoms with van der Waals surface area (Å²) in [5.74, 6) is 0. The molecule has 0 aromatic carbocycles. The molecular weight excluding hydrogens is 190 g/mol. The van der Waals surface area contributed by atoms with Crippen LogP contribution in [0.4, 0.5) is 0 Å². The molecule has 1 N–H and O–H groups in total. The average Bonchev–Trinajstić information content (AvgIpc) is 2.63. The van der Waals surface area contributed by atoms with Gasteiger partial charge in [-0.15, -0.1) is 11.3 Å². The lowest BCUT2D eigenvalue weighted by Gasteiger charge is -2.13. The standard InChI is InChI=1S/C12H17NS/c1-8(2)12(13-3)11-7-9-5-4-6-10(9)14-11/h7,12-13H,1,4-6H2,2-3H3. The van der Waals surface area contributed by atoms with Crippen LogP contribution in [0.1, 0.15) is 34.7 Å². The molecule has 0 saturated carbocycles. The molecular formula is C12H17NS. The molecule has 1 aliphatic rings. The monoisotopic (exact) mass is 207 g/mol. The smallest absolute Gasteiger partial charge is 0.0622 e. The number of nitrogens with one attached hydrogen (secondary N) is 1. The van der Waals surface area contributed by atoms with Gasteiger partial charge in [0, 0.05) is 9.75 Å². The maximum Gasteiger partial charge on any atom is 0.0622 e. The minimum Gasteiger partial charge on any atom is -0.309 e. The van der Waals surface area contributed by atoms with E-state index in [4.69, 9.17) is 0 Å². The summed E-state index contributed by atoms with van der Waals surface area (Å²) in [5, 5.41) is 3.32. The Morgan fingerprint density at radius 3 is 2.93 bits per heavy atom. The van der Waals surface area contributed by atoms with Gasteiger partial charge in [0.1, 0.15) is 0 Å². The van der Waals surface area contributed by atoms with Crippen LogP contribution < -0.4 is 5.32 Å². The van der Waals surface area contributed by atoms with Gasteiger partial charge in [-0.2, -0.15) is 0 Å². The van der Waals surface area contributed by atoms with E-state index in [0.717, 1.165) is 0 Å². The van der Waals surface area contributed by atoms with Crippen molar-refractivity contribution >= 4 is 11.3 Å². The van der Waals surface area contributed by atoms with Crippen LogP contribution in [0.25, 0.3) is 0 Å². The van der Waals surface area contributed by atoms with E-state index < -0.39 is 0 Å². The Morgan fingerprint density at radius 1 is 1.57 bits per heavy atom. The molecule has 0 fully saturated rings. The molecule has 0 bridgehead atoms. The highest BCUT2D eigenvalue weighted by atomic mass is 32.1. The van der Waals surface area contributed by atoms with E-state index in [9.17, 15) is 0 Å². The normalized spacial score (nSPS) is 16.7. The third-order valence-corrected chi connectivity index (χ3v) is 4.13. The molecule has 1 heterocycles. The van der Waals surface area contributed by atoms with Crippen molar-refractivity contribution in [2.24, 2.45) is 0 Å². The van der Waals surface area contributed by atoms with Crippen molar-refractivity contribution in [2.75, 3.05) is 7.05 Å². The summed E-state index contributed by atoms with van der Waals surface area (Å²) in [7, 11) is 2.00. The molecule has 1 nitrogen and oxygen atoms in total. The van der Waals surface area contributed by atoms with Gasteiger partial charge in [-0.25, -0.2) is 0 Å². The highest BCUT2D eigenvalue weighted by molar-refractivity contribution is 7.12. The van der Waals surface area contributed by atoms with Gasteiger partial charge < -0.3 is 5.32 Å². The first kappa shape index (κ1) is 9.94. The van der Waals surface area contributed by atoms with Gasteiger partial charge in [0.15, 0.2) is 0 Å². The minimum atomic E-state index is 0.352. The van der Waals surface area contributed by atoms with Crippen LogP contribution in [-0.4, -0.2) is 7.05 Å². The Hall–Kier alpha value is -0.600. The summed E-state index contributed by atoms with van der Waals surface area (Å²) in [6.07, 6.45) is 3.91. The van der Waals surface area contributed by atoms with Crippen LogP contribution in [0.2, 0.25) is 0 Å². The fourth-order valence-corrected chi connectivity index (χ4v) is 3.59. The molecule has 0 saturated heterocycles. The topological polar surface area (TPSA) is 12.0 Å². The van der Waals surface area contributed by atoms with E-state index in [1.165, 1.54) is 29.7 Å². The number of likely N-dealkylation sites (N-methyl/N-ethyl adjacent to an activating group) is 1. The van der Waals surface area contributed by atoms with Gasteiger partial charge in [-0.05, 0) is 44.9 Å². The first-order valence-electron chi connectivity index (χ1n) is 5.16. The van der Waals surface area contributed by atoms with Gasteiger partial charge in [0.25, 0.3) is 0 Å². The second kappa shape index (κ2) is 3.87. The fourth-order valence-electron chi connectivity index (χ4n) is 2.13. The Bertz CT molecular complexity index is 330. The van der Waals surface area contributed by atoms with Crippen molar-refractivity contribution in [3.8, 4) is 0 Å². The van der Waals surface area contributed by atoms with Crippen LogP contribution in [0, 0.1) is 0 Å². The van der Waals surface area contributed by atoms with E-state index in [1.54, 1.807) is 10.4 Å². The third-order valence-electron chi connectivity index (χ3n) is 2.83. The van der Waals surface area contributed by atoms with E-state index >= 15 is 0 Å². The fraction of sp³-hybridized carbons (Fsp3) is 0.500. The number of rotatable bonds is 3. The molecule has 0 aliphatic heterocycles. The summed E-state index contributed by atoms with van der Waals surface area (Å²) in [4.78, 5) is 3.03. The molecule has 1 aliphatic carbocycles. The van der Waals surface area contributed by atoms with Crippen LogP contribution in [0.3, 0.4) is 0 Å². The van der Waals surface area contributed by atoms with Crippen molar-refractivity contribution < 1.29 is 0 Å². The molecule has 0 spiro atoms. The molecule has 1 unspecified atom stereocenters. The van der Waals surface area contributed by atoms with Crippen molar-refractivity contribution in [2.45, 2.75) is 32.2 Å². The van der Waals surface area contributed by atoms with Gasteiger partial charge >= 0.3 is 0 Å². The van der Waals surface area contributed by atoms with E-state index in [-0.39, 0.29) is 0 Å². The highest BCUT2D eigenvalue weighted by Gasteiger charge is 2.19. The minimum absolute atomic E-state index is 0.352. The predicted octanol–water partition coefficient (Wildman–Crippen LogP) is 3.07. The first-order chi connectivity index (χ1) is 6.72. The number of fused-ring (bicyclic) bond motifs is 1. The van der Waals surface area contributed by atoms with Crippen molar-refractivity contribution in [1.29, 1.82) is 0 Å². The lowest BCUT2D eigenvalue weighted by atomic mass is 10.1. The molecule has 2 heteroatoms.